The van der Waals surface area contributed by atoms with Crippen LogP contribution in [0.5, 0.6) is 11.5 Å². The second-order valence-corrected chi connectivity index (χ2v) is 14.5. The Morgan fingerprint density at radius 3 is 2.48 bits per heavy atom. The summed E-state index contributed by atoms with van der Waals surface area (Å²) in [5, 5.41) is 6.80. The third kappa shape index (κ3) is 7.07. The molecule has 1 aromatic heterocycles. The summed E-state index contributed by atoms with van der Waals surface area (Å²) in [6.45, 7) is 9.63. The molecule has 0 unspecified atom stereocenters. The molecule has 0 aliphatic carbocycles. The van der Waals surface area contributed by atoms with Crippen molar-refractivity contribution >= 4 is 56.1 Å². The van der Waals surface area contributed by atoms with Crippen LogP contribution in [-0.2, 0) is 16.4 Å². The number of hydrogen-bond acceptors (Lipinski definition) is 11. The number of piperidine rings is 1. The molecule has 14 heteroatoms. The highest BCUT2D eigenvalue weighted by Crippen LogP contribution is 2.46. The van der Waals surface area contributed by atoms with Gasteiger partial charge in [-0.15, -0.1) is 0 Å². The minimum atomic E-state index is -3.62. The number of benzene rings is 2. The van der Waals surface area contributed by atoms with E-state index >= 15 is 0 Å². The van der Waals surface area contributed by atoms with E-state index in [9.17, 15) is 8.42 Å². The van der Waals surface area contributed by atoms with E-state index in [4.69, 9.17) is 21.1 Å². The SMILES string of the molecule is CCc1cc(Nc2ncc(Cl)c(Nc3ccc4c(c3N(C)S(C)(=O)=O)OCCO4)n2)ccc1N1CCC(N2CCN(C)CC2)CC1. The minimum absolute atomic E-state index is 0.276. The summed E-state index contributed by atoms with van der Waals surface area (Å²) in [6.07, 6.45) is 5.92. The molecule has 0 bridgehead atoms. The number of aromatic nitrogens is 2. The van der Waals surface area contributed by atoms with Crippen molar-refractivity contribution in [2.24, 2.45) is 0 Å². The Balaban J connectivity index is 1.18. The number of hydrogen-bond donors (Lipinski definition) is 2. The number of likely N-dealkylation sites (N-methyl/N-ethyl adjacent to an activating group) is 1. The van der Waals surface area contributed by atoms with Crippen LogP contribution in [-0.4, -0.2) is 107 Å². The van der Waals surface area contributed by atoms with E-state index in [1.807, 2.05) is 0 Å². The lowest BCUT2D eigenvalue weighted by molar-refractivity contribution is 0.0982. The van der Waals surface area contributed by atoms with Crippen LogP contribution in [0, 0.1) is 0 Å². The van der Waals surface area contributed by atoms with Gasteiger partial charge in [0.25, 0.3) is 0 Å². The Morgan fingerprint density at radius 2 is 1.76 bits per heavy atom. The van der Waals surface area contributed by atoms with Gasteiger partial charge in [-0.2, -0.15) is 4.98 Å². The van der Waals surface area contributed by atoms with Gasteiger partial charge in [0.1, 0.15) is 23.9 Å². The Kier molecular flexibility index (Phi) is 9.64. The van der Waals surface area contributed by atoms with Gasteiger partial charge in [-0.05, 0) is 62.2 Å². The van der Waals surface area contributed by atoms with Gasteiger partial charge in [0.2, 0.25) is 16.0 Å². The second kappa shape index (κ2) is 13.7. The number of rotatable bonds is 9. The van der Waals surface area contributed by atoms with Gasteiger partial charge < -0.3 is 29.9 Å². The number of fused-ring (bicyclic) bond motifs is 1. The maximum Gasteiger partial charge on any atom is 0.232 e. The molecular weight excluding hydrogens is 628 g/mol. The van der Waals surface area contributed by atoms with E-state index in [-0.39, 0.29) is 5.02 Å². The molecule has 3 aliphatic heterocycles. The first-order valence-corrected chi connectivity index (χ1v) is 18.1. The molecule has 0 spiro atoms. The largest absolute Gasteiger partial charge is 0.486 e. The quantitative estimate of drug-likeness (QED) is 0.334. The monoisotopic (exact) mass is 670 g/mol. The van der Waals surface area contributed by atoms with Crippen molar-refractivity contribution < 1.29 is 17.9 Å². The van der Waals surface area contributed by atoms with E-state index in [1.54, 1.807) is 12.1 Å². The normalized spacial score (nSPS) is 18.0. The van der Waals surface area contributed by atoms with Gasteiger partial charge in [-0.25, -0.2) is 13.4 Å². The Bertz CT molecular complexity index is 1660. The topological polar surface area (TPSA) is 115 Å². The number of aryl methyl sites for hydroxylation is 1. The number of nitrogens with one attached hydrogen (secondary N) is 2. The average Bonchev–Trinajstić information content (AvgIpc) is 3.06. The Labute approximate surface area is 276 Å². The minimum Gasteiger partial charge on any atom is -0.486 e. The van der Waals surface area contributed by atoms with E-state index < -0.39 is 10.0 Å². The maximum atomic E-state index is 12.5. The molecule has 2 fully saturated rings. The van der Waals surface area contributed by atoms with Gasteiger partial charge in [-0.3, -0.25) is 9.21 Å². The maximum absolute atomic E-state index is 12.5. The zero-order chi connectivity index (χ0) is 32.4. The van der Waals surface area contributed by atoms with Crippen molar-refractivity contribution in [1.82, 2.24) is 19.8 Å². The first kappa shape index (κ1) is 32.4. The molecule has 248 valence electrons. The molecule has 2 N–H and O–H groups in total. The van der Waals surface area contributed by atoms with Crippen LogP contribution < -0.4 is 29.3 Å². The van der Waals surface area contributed by atoms with Gasteiger partial charge in [0, 0.05) is 63.7 Å². The highest BCUT2D eigenvalue weighted by Gasteiger charge is 2.29. The lowest BCUT2D eigenvalue weighted by Crippen LogP contribution is -2.52. The highest BCUT2D eigenvalue weighted by molar-refractivity contribution is 7.92. The Hall–Kier alpha value is -3.52. The van der Waals surface area contributed by atoms with E-state index in [0.717, 1.165) is 48.8 Å². The van der Waals surface area contributed by atoms with Crippen LogP contribution in [0.4, 0.5) is 34.5 Å². The van der Waals surface area contributed by atoms with Crippen molar-refractivity contribution in [3.8, 4) is 11.5 Å². The molecule has 0 radical (unpaired) electrons. The zero-order valence-electron chi connectivity index (χ0n) is 26.9. The summed E-state index contributed by atoms with van der Waals surface area (Å²) in [6, 6.07) is 10.5. The van der Waals surface area contributed by atoms with Crippen LogP contribution >= 0.6 is 11.6 Å². The van der Waals surface area contributed by atoms with E-state index in [1.165, 1.54) is 50.4 Å². The molecule has 2 saturated heterocycles. The van der Waals surface area contributed by atoms with Crippen LogP contribution in [0.1, 0.15) is 25.3 Å². The third-order valence-corrected chi connectivity index (χ3v) is 10.5. The number of nitrogens with zero attached hydrogens (tertiary/aromatic N) is 6. The first-order chi connectivity index (χ1) is 22.1. The Morgan fingerprint density at radius 1 is 1.02 bits per heavy atom. The van der Waals surface area contributed by atoms with Crippen molar-refractivity contribution in [3.05, 3.63) is 47.1 Å². The molecule has 3 aliphatic rings. The zero-order valence-corrected chi connectivity index (χ0v) is 28.5. The summed E-state index contributed by atoms with van der Waals surface area (Å²) in [5.41, 5.74) is 4.17. The molecule has 2 aromatic carbocycles. The van der Waals surface area contributed by atoms with Gasteiger partial charge in [0.05, 0.1) is 18.1 Å². The van der Waals surface area contributed by atoms with Crippen molar-refractivity contribution in [2.75, 3.05) is 92.7 Å². The fourth-order valence-corrected chi connectivity index (χ4v) is 7.02. The lowest BCUT2D eigenvalue weighted by Gasteiger charge is -2.43. The summed E-state index contributed by atoms with van der Waals surface area (Å²) in [4.78, 5) is 16.7. The summed E-state index contributed by atoms with van der Waals surface area (Å²) >= 11 is 6.52. The van der Waals surface area contributed by atoms with Crippen LogP contribution in [0.2, 0.25) is 5.02 Å². The predicted octanol–water partition coefficient (Wildman–Crippen LogP) is 4.56. The van der Waals surface area contributed by atoms with Gasteiger partial charge >= 0.3 is 0 Å². The molecule has 4 heterocycles. The summed E-state index contributed by atoms with van der Waals surface area (Å²) in [5.74, 6) is 1.47. The second-order valence-electron chi connectivity index (χ2n) is 12.1. The standard InChI is InChI=1S/C32H43ClN8O4S/c1-5-22-20-23(6-8-27(22)41-12-10-24(11-13-41)40-16-14-38(2)15-17-40)35-32-34-21-25(33)31(37-32)36-26-7-9-28-30(45-19-18-44-28)29(26)39(3)46(4,42)43/h6-9,20-21,24H,5,10-19H2,1-4H3,(H2,34,35,36,37). The molecule has 6 rings (SSSR count). The van der Waals surface area contributed by atoms with E-state index in [2.05, 4.69) is 67.5 Å². The van der Waals surface area contributed by atoms with E-state index in [0.29, 0.717) is 53.9 Å². The summed E-state index contributed by atoms with van der Waals surface area (Å²) < 4.78 is 37.8. The van der Waals surface area contributed by atoms with Crippen LogP contribution in [0.15, 0.2) is 36.5 Å². The molecule has 0 saturated carbocycles. The number of halogens is 1. The molecule has 0 amide bonds. The number of ether oxygens (including phenoxy) is 2. The third-order valence-electron chi connectivity index (χ3n) is 9.07. The number of sulfonamides is 1. The number of anilines is 6. The van der Waals surface area contributed by atoms with Crippen molar-refractivity contribution in [2.45, 2.75) is 32.2 Å². The molecule has 0 atom stereocenters. The average molecular weight is 671 g/mol. The van der Waals surface area contributed by atoms with Crippen LogP contribution in [0.3, 0.4) is 0 Å². The lowest BCUT2D eigenvalue weighted by atomic mass is 10.00. The molecule has 12 nitrogen and oxygen atoms in total. The summed E-state index contributed by atoms with van der Waals surface area (Å²) in [7, 11) is 0.0547. The first-order valence-electron chi connectivity index (χ1n) is 15.8. The fourth-order valence-electron chi connectivity index (χ4n) is 6.37. The molecular formula is C32H43ClN8O4S. The van der Waals surface area contributed by atoms with Crippen molar-refractivity contribution in [1.29, 1.82) is 0 Å². The number of piperazine rings is 1. The fraction of sp³-hybridized carbons (Fsp3) is 0.500. The van der Waals surface area contributed by atoms with Crippen molar-refractivity contribution in [3.63, 3.8) is 0 Å². The van der Waals surface area contributed by atoms with Crippen LogP contribution in [0.25, 0.3) is 0 Å². The smallest absolute Gasteiger partial charge is 0.232 e. The predicted molar refractivity (Wildman–Crippen MR) is 184 cm³/mol. The molecule has 3 aromatic rings. The molecule has 46 heavy (non-hydrogen) atoms. The van der Waals surface area contributed by atoms with Gasteiger partial charge in [-0.1, -0.05) is 18.5 Å². The van der Waals surface area contributed by atoms with Gasteiger partial charge in [0.15, 0.2) is 17.3 Å². The highest BCUT2D eigenvalue weighted by atomic mass is 35.5.